The predicted molar refractivity (Wildman–Crippen MR) is 310 cm³/mol. The van der Waals surface area contributed by atoms with Crippen LogP contribution in [0.25, 0.3) is 0 Å². The van der Waals surface area contributed by atoms with Gasteiger partial charge in [-0.25, -0.2) is 0 Å². The summed E-state index contributed by atoms with van der Waals surface area (Å²) in [5.41, 5.74) is 0. The molecule has 0 saturated heterocycles. The Morgan fingerprint density at radius 1 is 0.380 bits per heavy atom. The van der Waals surface area contributed by atoms with E-state index in [1.165, 1.54) is 270 Å². The zero-order valence-electron chi connectivity index (χ0n) is 48.0. The highest BCUT2D eigenvalue weighted by atomic mass is 16.5. The molecule has 1 amide bonds. The van der Waals surface area contributed by atoms with Gasteiger partial charge in [-0.1, -0.05) is 308 Å². The minimum atomic E-state index is -0.853. The lowest BCUT2D eigenvalue weighted by molar-refractivity contribution is -0.143. The smallest absolute Gasteiger partial charge is 0.305 e. The van der Waals surface area contributed by atoms with Crippen molar-refractivity contribution in [1.82, 2.24) is 5.32 Å². The molecular weight excluding hydrogens is 875 g/mol. The van der Waals surface area contributed by atoms with Crippen LogP contribution in [0.5, 0.6) is 0 Å². The second kappa shape index (κ2) is 60.9. The van der Waals surface area contributed by atoms with Crippen molar-refractivity contribution in [2.24, 2.45) is 0 Å². The molecule has 0 aliphatic heterocycles. The van der Waals surface area contributed by atoms with Crippen LogP contribution in [0.2, 0.25) is 0 Å². The number of hydrogen-bond donors (Lipinski definition) is 3. The summed E-state index contributed by atoms with van der Waals surface area (Å²) in [6.45, 7) is 4.91. The third kappa shape index (κ3) is 57.5. The van der Waals surface area contributed by atoms with Gasteiger partial charge in [0.2, 0.25) is 5.91 Å². The molecular formula is C65H125NO5. The van der Waals surface area contributed by atoms with Crippen LogP contribution in [-0.2, 0) is 14.3 Å². The van der Waals surface area contributed by atoms with Crippen LogP contribution in [0.15, 0.2) is 24.3 Å². The molecule has 0 bridgehead atoms. The minimum absolute atomic E-state index is 0.00262. The minimum Gasteiger partial charge on any atom is -0.466 e. The molecule has 0 radical (unpaired) electrons. The van der Waals surface area contributed by atoms with Crippen LogP contribution in [0.1, 0.15) is 354 Å². The molecule has 2 unspecified atom stereocenters. The van der Waals surface area contributed by atoms with Gasteiger partial charge >= 0.3 is 5.97 Å². The molecule has 0 heterocycles. The molecule has 420 valence electrons. The molecule has 0 rings (SSSR count). The fourth-order valence-electron chi connectivity index (χ4n) is 10.0. The van der Waals surface area contributed by atoms with Crippen molar-refractivity contribution in [3.63, 3.8) is 0 Å². The summed E-state index contributed by atoms with van der Waals surface area (Å²) < 4.78 is 5.49. The lowest BCUT2D eigenvalue weighted by atomic mass is 10.0. The second-order valence-corrected chi connectivity index (χ2v) is 22.1. The Labute approximate surface area is 443 Å². The van der Waals surface area contributed by atoms with E-state index in [1.807, 2.05) is 6.08 Å². The zero-order chi connectivity index (χ0) is 51.4. The summed E-state index contributed by atoms with van der Waals surface area (Å²) in [4.78, 5) is 24.6. The normalized spacial score (nSPS) is 12.7. The maximum atomic E-state index is 12.5. The van der Waals surface area contributed by atoms with Gasteiger partial charge in [0, 0.05) is 12.8 Å². The van der Waals surface area contributed by atoms with Crippen molar-refractivity contribution < 1.29 is 24.5 Å². The van der Waals surface area contributed by atoms with Gasteiger partial charge in [-0.15, -0.1) is 0 Å². The fraction of sp³-hybridized carbons (Fsp3) is 0.908. The first-order chi connectivity index (χ1) is 35.0. The lowest BCUT2D eigenvalue weighted by Crippen LogP contribution is -2.45. The summed E-state index contributed by atoms with van der Waals surface area (Å²) in [7, 11) is 0. The van der Waals surface area contributed by atoms with Crippen LogP contribution in [0.4, 0.5) is 0 Å². The predicted octanol–water partition coefficient (Wildman–Crippen LogP) is 20.2. The summed E-state index contributed by atoms with van der Waals surface area (Å²) in [5.74, 6) is -0.0746. The number of rotatable bonds is 60. The summed E-state index contributed by atoms with van der Waals surface area (Å²) in [6, 6.07) is -0.637. The largest absolute Gasteiger partial charge is 0.466 e. The number of aliphatic hydroxyl groups excluding tert-OH is 2. The van der Waals surface area contributed by atoms with E-state index in [-0.39, 0.29) is 18.5 Å². The first-order valence-electron chi connectivity index (χ1n) is 32.1. The number of aliphatic hydroxyl groups is 2. The van der Waals surface area contributed by atoms with Crippen molar-refractivity contribution in [2.75, 3.05) is 13.2 Å². The van der Waals surface area contributed by atoms with Crippen LogP contribution >= 0.6 is 0 Å². The van der Waals surface area contributed by atoms with Crippen LogP contribution in [-0.4, -0.2) is 47.4 Å². The molecule has 6 heteroatoms. The van der Waals surface area contributed by atoms with E-state index in [0.717, 1.165) is 57.8 Å². The van der Waals surface area contributed by atoms with E-state index in [0.29, 0.717) is 19.4 Å². The second-order valence-electron chi connectivity index (χ2n) is 22.1. The molecule has 3 N–H and O–H groups in total. The highest BCUT2D eigenvalue weighted by Gasteiger charge is 2.18. The number of carbonyl (C=O) groups excluding carboxylic acids is 2. The maximum absolute atomic E-state index is 12.5. The molecule has 0 aromatic carbocycles. The number of esters is 1. The van der Waals surface area contributed by atoms with E-state index in [1.54, 1.807) is 6.08 Å². The van der Waals surface area contributed by atoms with Crippen LogP contribution < -0.4 is 5.32 Å². The average Bonchev–Trinajstić information content (AvgIpc) is 3.37. The SMILES string of the molecule is CCCCCCCCCCCCCCCCCC/C=C/C(O)C(CO)NC(=O)CCCCCCCCC/C=C\CCCCCCCCOC(=O)CCCCCCCCCCCCCCCCCCCCC. The quantitative estimate of drug-likeness (QED) is 0.0320. The molecule has 0 fully saturated rings. The third-order valence-corrected chi connectivity index (χ3v) is 15.0. The van der Waals surface area contributed by atoms with Crippen molar-refractivity contribution in [3.8, 4) is 0 Å². The molecule has 0 aliphatic rings. The van der Waals surface area contributed by atoms with Crippen molar-refractivity contribution in [1.29, 1.82) is 0 Å². The number of amides is 1. The first-order valence-corrected chi connectivity index (χ1v) is 32.1. The fourth-order valence-corrected chi connectivity index (χ4v) is 10.0. The van der Waals surface area contributed by atoms with Gasteiger partial charge in [0.15, 0.2) is 0 Å². The van der Waals surface area contributed by atoms with E-state index in [4.69, 9.17) is 4.74 Å². The van der Waals surface area contributed by atoms with E-state index >= 15 is 0 Å². The van der Waals surface area contributed by atoms with Gasteiger partial charge in [-0.05, 0) is 57.8 Å². The topological polar surface area (TPSA) is 95.9 Å². The Bertz CT molecular complexity index is 1110. The lowest BCUT2D eigenvalue weighted by Gasteiger charge is -2.20. The summed E-state index contributed by atoms with van der Waals surface area (Å²) >= 11 is 0. The molecule has 0 aromatic rings. The van der Waals surface area contributed by atoms with E-state index < -0.39 is 12.1 Å². The molecule has 0 aliphatic carbocycles. The maximum Gasteiger partial charge on any atom is 0.305 e. The van der Waals surface area contributed by atoms with Gasteiger partial charge < -0.3 is 20.3 Å². The Balaban J connectivity index is 3.45. The molecule has 2 atom stereocenters. The number of hydrogen-bond acceptors (Lipinski definition) is 5. The molecule has 0 spiro atoms. The Morgan fingerprint density at radius 3 is 1.00 bits per heavy atom. The Hall–Kier alpha value is -1.66. The van der Waals surface area contributed by atoms with Crippen LogP contribution in [0, 0.1) is 0 Å². The standard InChI is InChI=1S/C65H125NO5/c1-3-5-7-9-11-13-15-17-19-21-23-27-31-35-39-43-47-51-55-59-65(70)71-60-56-52-48-44-40-36-32-28-24-26-30-34-38-42-46-50-54-58-64(69)66-62(61-67)63(68)57-53-49-45-41-37-33-29-25-22-20-18-16-14-12-10-8-6-4-2/h24,28,53,57,62-63,67-68H,3-23,25-27,29-52,54-56,58-61H2,1-2H3,(H,66,69)/b28-24-,57-53+. The average molecular weight is 1000 g/mol. The third-order valence-electron chi connectivity index (χ3n) is 15.0. The van der Waals surface area contributed by atoms with Crippen LogP contribution in [0.3, 0.4) is 0 Å². The van der Waals surface area contributed by atoms with Gasteiger partial charge in [0.1, 0.15) is 0 Å². The number of allylic oxidation sites excluding steroid dienone is 3. The molecule has 6 nitrogen and oxygen atoms in total. The first kappa shape index (κ1) is 69.3. The van der Waals surface area contributed by atoms with Crippen molar-refractivity contribution in [3.05, 3.63) is 24.3 Å². The monoisotopic (exact) mass is 1000 g/mol. The summed E-state index contributed by atoms with van der Waals surface area (Å²) in [5, 5.41) is 23.2. The van der Waals surface area contributed by atoms with Gasteiger partial charge in [-0.2, -0.15) is 0 Å². The Kier molecular flexibility index (Phi) is 59.5. The number of ether oxygens (including phenoxy) is 1. The van der Waals surface area contributed by atoms with Gasteiger partial charge in [0.25, 0.3) is 0 Å². The Morgan fingerprint density at radius 2 is 0.662 bits per heavy atom. The molecule has 0 aromatic heterocycles. The van der Waals surface area contributed by atoms with Crippen molar-refractivity contribution in [2.45, 2.75) is 366 Å². The number of carbonyl (C=O) groups is 2. The van der Waals surface area contributed by atoms with Gasteiger partial charge in [-0.3, -0.25) is 9.59 Å². The number of nitrogens with one attached hydrogen (secondary N) is 1. The van der Waals surface area contributed by atoms with E-state index in [9.17, 15) is 19.8 Å². The molecule has 0 saturated carbocycles. The zero-order valence-corrected chi connectivity index (χ0v) is 48.0. The summed E-state index contributed by atoms with van der Waals surface area (Å²) in [6.07, 6.45) is 75.0. The van der Waals surface area contributed by atoms with Gasteiger partial charge in [0.05, 0.1) is 25.4 Å². The van der Waals surface area contributed by atoms with E-state index in [2.05, 4.69) is 31.3 Å². The molecule has 71 heavy (non-hydrogen) atoms. The highest BCUT2D eigenvalue weighted by Crippen LogP contribution is 2.18. The number of unbranched alkanes of at least 4 members (excludes halogenated alkanes) is 47. The highest BCUT2D eigenvalue weighted by molar-refractivity contribution is 5.76. The van der Waals surface area contributed by atoms with Crippen molar-refractivity contribution >= 4 is 11.9 Å².